The maximum Gasteiger partial charge on any atom is 0.412 e. The zero-order valence-electron chi connectivity index (χ0n) is 21.1. The van der Waals surface area contributed by atoms with Gasteiger partial charge in [-0.3, -0.25) is 10.1 Å². The van der Waals surface area contributed by atoms with E-state index < -0.39 is 12.2 Å². The summed E-state index contributed by atoms with van der Waals surface area (Å²) < 4.78 is 12.5. The Balaban J connectivity index is 1.68. The van der Waals surface area contributed by atoms with Crippen LogP contribution in [-0.4, -0.2) is 30.3 Å². The number of rotatable bonds is 12. The third-order valence-corrected chi connectivity index (χ3v) is 6.22. The van der Waals surface area contributed by atoms with Gasteiger partial charge in [-0.2, -0.15) is 0 Å². The molecule has 9 heteroatoms. The van der Waals surface area contributed by atoms with E-state index in [0.29, 0.717) is 41.2 Å². The minimum atomic E-state index is -0.633. The molecular weight excluding hydrogens is 550 g/mol. The van der Waals surface area contributed by atoms with Gasteiger partial charge in [-0.15, -0.1) is 0 Å². The summed E-state index contributed by atoms with van der Waals surface area (Å²) in [5.41, 5.74) is 8.22. The van der Waals surface area contributed by atoms with Crippen molar-refractivity contribution in [3.8, 4) is 5.75 Å². The van der Waals surface area contributed by atoms with Crippen LogP contribution in [0.3, 0.4) is 0 Å². The summed E-state index contributed by atoms with van der Waals surface area (Å²) in [4.78, 5) is 25.1. The van der Waals surface area contributed by atoms with Gasteiger partial charge in [0.1, 0.15) is 18.5 Å². The van der Waals surface area contributed by atoms with Gasteiger partial charge in [0.2, 0.25) is 5.91 Å². The van der Waals surface area contributed by atoms with E-state index in [1.54, 1.807) is 48.5 Å². The molecule has 8 nitrogen and oxygen atoms in total. The van der Waals surface area contributed by atoms with Crippen molar-refractivity contribution in [2.75, 3.05) is 29.6 Å². The Morgan fingerprint density at radius 3 is 2.47 bits per heavy atom. The SMILES string of the molecule is C[C@@H](CC/C=C/C(=O)Nc1ccccc1N)[C@H](OC(=O)Nc1ccc(Br)cc1)c1ccccc1OCCO. The van der Waals surface area contributed by atoms with E-state index in [-0.39, 0.29) is 25.0 Å². The molecule has 3 aromatic carbocycles. The largest absolute Gasteiger partial charge is 0.491 e. The predicted molar refractivity (Wildman–Crippen MR) is 153 cm³/mol. The van der Waals surface area contributed by atoms with Crippen molar-refractivity contribution in [2.24, 2.45) is 5.92 Å². The van der Waals surface area contributed by atoms with Gasteiger partial charge in [-0.05, 0) is 67.3 Å². The molecule has 0 aliphatic rings. The lowest BCUT2D eigenvalue weighted by atomic mass is 9.92. The highest BCUT2D eigenvalue weighted by molar-refractivity contribution is 9.10. The Morgan fingerprint density at radius 2 is 1.74 bits per heavy atom. The van der Waals surface area contributed by atoms with Crippen molar-refractivity contribution in [2.45, 2.75) is 25.9 Å². The van der Waals surface area contributed by atoms with Gasteiger partial charge in [-0.25, -0.2) is 4.79 Å². The number of carbonyl (C=O) groups is 2. The first-order valence-corrected chi connectivity index (χ1v) is 13.0. The van der Waals surface area contributed by atoms with Gasteiger partial charge in [0.05, 0.1) is 18.0 Å². The number of aliphatic hydroxyl groups is 1. The lowest BCUT2D eigenvalue weighted by Crippen LogP contribution is -2.22. The molecule has 38 heavy (non-hydrogen) atoms. The van der Waals surface area contributed by atoms with Crippen LogP contribution in [0, 0.1) is 5.92 Å². The van der Waals surface area contributed by atoms with Crippen LogP contribution in [0.1, 0.15) is 31.4 Å². The Kier molecular flexibility index (Phi) is 11.2. The summed E-state index contributed by atoms with van der Waals surface area (Å²) in [5, 5.41) is 14.7. The number of hydrogen-bond donors (Lipinski definition) is 4. The molecule has 0 aromatic heterocycles. The van der Waals surface area contributed by atoms with Crippen molar-refractivity contribution in [3.05, 3.63) is 95.0 Å². The van der Waals surface area contributed by atoms with E-state index in [2.05, 4.69) is 26.6 Å². The molecule has 0 bridgehead atoms. The number of nitrogen functional groups attached to an aromatic ring is 1. The van der Waals surface area contributed by atoms with Crippen LogP contribution in [0.5, 0.6) is 5.75 Å². The normalized spacial score (nSPS) is 12.5. The van der Waals surface area contributed by atoms with Crippen LogP contribution < -0.4 is 21.1 Å². The van der Waals surface area contributed by atoms with E-state index >= 15 is 0 Å². The first kappa shape index (κ1) is 28.7. The second-order valence-corrected chi connectivity index (χ2v) is 9.52. The highest BCUT2D eigenvalue weighted by Crippen LogP contribution is 2.35. The molecule has 2 atom stereocenters. The molecule has 0 saturated heterocycles. The number of hydrogen-bond acceptors (Lipinski definition) is 6. The van der Waals surface area contributed by atoms with Gasteiger partial charge < -0.3 is 25.6 Å². The molecule has 0 heterocycles. The van der Waals surface area contributed by atoms with Gasteiger partial charge in [0.15, 0.2) is 0 Å². The molecule has 3 aromatic rings. The maximum absolute atomic E-state index is 12.8. The summed E-state index contributed by atoms with van der Waals surface area (Å²) in [6, 6.07) is 21.5. The summed E-state index contributed by atoms with van der Waals surface area (Å²) in [7, 11) is 0. The number of allylic oxidation sites excluding steroid dienone is 1. The standard InChI is InChI=1S/C29H32BrN3O5/c1-20(8-2-7-13-27(35)33-25-11-5-4-10-24(25)31)28(23-9-3-6-12-26(23)37-19-18-34)38-29(36)32-22-16-14-21(30)15-17-22/h3-7,9-17,20,28,34H,2,8,18-19,31H2,1H3,(H,32,36)(H,33,35)/b13-7+/t20-,28-/m0/s1. The fourth-order valence-electron chi connectivity index (χ4n) is 3.77. The number of nitrogens with one attached hydrogen (secondary N) is 2. The highest BCUT2D eigenvalue weighted by atomic mass is 79.9. The van der Waals surface area contributed by atoms with E-state index in [9.17, 15) is 14.7 Å². The second-order valence-electron chi connectivity index (χ2n) is 8.60. The Morgan fingerprint density at radius 1 is 1.03 bits per heavy atom. The average Bonchev–Trinajstić information content (AvgIpc) is 2.91. The Labute approximate surface area is 231 Å². The van der Waals surface area contributed by atoms with Crippen molar-refractivity contribution < 1.29 is 24.2 Å². The molecule has 3 rings (SSSR count). The molecule has 200 valence electrons. The van der Waals surface area contributed by atoms with Gasteiger partial charge >= 0.3 is 6.09 Å². The van der Waals surface area contributed by atoms with Gasteiger partial charge in [0.25, 0.3) is 0 Å². The van der Waals surface area contributed by atoms with Crippen LogP contribution in [0.15, 0.2) is 89.4 Å². The quantitative estimate of drug-likeness (QED) is 0.147. The van der Waals surface area contributed by atoms with Crippen LogP contribution >= 0.6 is 15.9 Å². The van der Waals surface area contributed by atoms with Crippen LogP contribution in [0.25, 0.3) is 0 Å². The first-order chi connectivity index (χ1) is 18.4. The number of carbonyl (C=O) groups excluding carboxylic acids is 2. The molecule has 5 N–H and O–H groups in total. The highest BCUT2D eigenvalue weighted by Gasteiger charge is 2.26. The van der Waals surface area contributed by atoms with Crippen LogP contribution in [0.4, 0.5) is 21.9 Å². The monoisotopic (exact) mass is 581 g/mol. The number of para-hydroxylation sites is 3. The Bertz CT molecular complexity index is 1230. The predicted octanol–water partition coefficient (Wildman–Crippen LogP) is 6.30. The second kappa shape index (κ2) is 14.8. The summed E-state index contributed by atoms with van der Waals surface area (Å²) >= 11 is 3.38. The number of ether oxygens (including phenoxy) is 2. The van der Waals surface area contributed by atoms with Crippen molar-refractivity contribution >= 4 is 45.0 Å². The smallest absolute Gasteiger partial charge is 0.412 e. The van der Waals surface area contributed by atoms with E-state index in [1.165, 1.54) is 6.08 Å². The molecule has 0 saturated carbocycles. The Hall–Kier alpha value is -3.82. The minimum absolute atomic E-state index is 0.118. The van der Waals surface area contributed by atoms with Gasteiger partial charge in [0, 0.05) is 15.7 Å². The number of nitrogens with two attached hydrogens (primary N) is 1. The van der Waals surface area contributed by atoms with Crippen molar-refractivity contribution in [3.63, 3.8) is 0 Å². The number of anilines is 3. The summed E-state index contributed by atoms with van der Waals surface area (Å²) in [6.45, 7) is 1.95. The number of halogens is 1. The molecule has 0 unspecified atom stereocenters. The number of aliphatic hydroxyl groups excluding tert-OH is 1. The van der Waals surface area contributed by atoms with Crippen LogP contribution in [0.2, 0.25) is 0 Å². The molecule has 0 fully saturated rings. The lowest BCUT2D eigenvalue weighted by Gasteiger charge is -2.26. The number of amides is 2. The molecule has 0 aliphatic carbocycles. The fraction of sp³-hybridized carbons (Fsp3) is 0.241. The molecule has 0 spiro atoms. The molecular formula is C29H32BrN3O5. The zero-order chi connectivity index (χ0) is 27.3. The molecule has 2 amide bonds. The van der Waals surface area contributed by atoms with Gasteiger partial charge in [-0.1, -0.05) is 59.3 Å². The molecule has 0 aliphatic heterocycles. The lowest BCUT2D eigenvalue weighted by molar-refractivity contribution is -0.111. The maximum atomic E-state index is 12.8. The number of benzene rings is 3. The minimum Gasteiger partial charge on any atom is -0.491 e. The van der Waals surface area contributed by atoms with E-state index in [1.807, 2.05) is 37.3 Å². The van der Waals surface area contributed by atoms with Crippen molar-refractivity contribution in [1.82, 2.24) is 0 Å². The topological polar surface area (TPSA) is 123 Å². The van der Waals surface area contributed by atoms with E-state index in [4.69, 9.17) is 15.2 Å². The average molecular weight is 582 g/mol. The van der Waals surface area contributed by atoms with Crippen molar-refractivity contribution in [1.29, 1.82) is 0 Å². The zero-order valence-corrected chi connectivity index (χ0v) is 22.7. The first-order valence-electron chi connectivity index (χ1n) is 12.2. The fourth-order valence-corrected chi connectivity index (χ4v) is 4.04. The van der Waals surface area contributed by atoms with E-state index in [0.717, 1.165) is 4.47 Å². The summed E-state index contributed by atoms with van der Waals surface area (Å²) in [6.07, 6.45) is 3.21. The summed E-state index contributed by atoms with van der Waals surface area (Å²) in [5.74, 6) is 0.132. The molecule has 0 radical (unpaired) electrons. The third kappa shape index (κ3) is 8.93. The third-order valence-electron chi connectivity index (χ3n) is 5.69. The van der Waals surface area contributed by atoms with Crippen LogP contribution in [-0.2, 0) is 9.53 Å².